The first-order chi connectivity index (χ1) is 10.5. The summed E-state index contributed by atoms with van der Waals surface area (Å²) in [5.74, 6) is 1.14. The summed E-state index contributed by atoms with van der Waals surface area (Å²) in [5, 5.41) is 15.5. The van der Waals surface area contributed by atoms with Crippen molar-refractivity contribution in [2.75, 3.05) is 13.7 Å². The zero-order valence-corrected chi connectivity index (χ0v) is 13.6. The van der Waals surface area contributed by atoms with Gasteiger partial charge in [0.15, 0.2) is 0 Å². The Morgan fingerprint density at radius 3 is 2.68 bits per heavy atom. The first-order valence-corrected chi connectivity index (χ1v) is 7.86. The molecule has 0 bridgehead atoms. The summed E-state index contributed by atoms with van der Waals surface area (Å²) >= 11 is 0. The third-order valence-corrected chi connectivity index (χ3v) is 4.43. The van der Waals surface area contributed by atoms with Crippen LogP contribution >= 0.6 is 0 Å². The van der Waals surface area contributed by atoms with Crippen LogP contribution in [0.25, 0.3) is 0 Å². The first kappa shape index (κ1) is 16.6. The van der Waals surface area contributed by atoms with Gasteiger partial charge in [0.25, 0.3) is 0 Å². The van der Waals surface area contributed by atoms with E-state index in [1.54, 1.807) is 7.11 Å². The second-order valence-electron chi connectivity index (χ2n) is 6.15. The molecular formula is C17H26N2O3. The van der Waals surface area contributed by atoms with Gasteiger partial charge >= 0.3 is 6.03 Å². The van der Waals surface area contributed by atoms with Gasteiger partial charge in [-0.25, -0.2) is 4.79 Å². The van der Waals surface area contributed by atoms with E-state index in [9.17, 15) is 9.90 Å². The molecule has 2 rings (SSSR count). The van der Waals surface area contributed by atoms with E-state index in [0.29, 0.717) is 5.92 Å². The van der Waals surface area contributed by atoms with E-state index in [1.165, 1.54) is 0 Å². The Bertz CT molecular complexity index is 516. The molecule has 0 saturated heterocycles. The molecule has 0 heterocycles. The number of hydrogen-bond acceptors (Lipinski definition) is 3. The van der Waals surface area contributed by atoms with Gasteiger partial charge in [-0.1, -0.05) is 25.1 Å². The summed E-state index contributed by atoms with van der Waals surface area (Å²) < 4.78 is 5.37. The molecule has 122 valence electrons. The van der Waals surface area contributed by atoms with Gasteiger partial charge in [0, 0.05) is 5.56 Å². The minimum atomic E-state index is -0.539. The molecule has 3 N–H and O–H groups in total. The quantitative estimate of drug-likeness (QED) is 0.725. The van der Waals surface area contributed by atoms with Crippen LogP contribution in [0.1, 0.15) is 44.7 Å². The maximum atomic E-state index is 12.3. The van der Waals surface area contributed by atoms with Gasteiger partial charge in [0.1, 0.15) is 5.75 Å². The van der Waals surface area contributed by atoms with Crippen molar-refractivity contribution in [3.63, 3.8) is 0 Å². The Hall–Kier alpha value is -1.75. The van der Waals surface area contributed by atoms with Crippen LogP contribution in [0.5, 0.6) is 5.75 Å². The van der Waals surface area contributed by atoms with Crippen molar-refractivity contribution < 1.29 is 14.6 Å². The second-order valence-corrected chi connectivity index (χ2v) is 6.15. The zero-order chi connectivity index (χ0) is 16.2. The SMILES string of the molecule is CC[C@@H](NC(=O)N[C@@](C)(CO)C1CC1)c1ccccc1OC. The molecule has 1 aromatic rings. The van der Waals surface area contributed by atoms with E-state index in [-0.39, 0.29) is 18.7 Å². The lowest BCUT2D eigenvalue weighted by atomic mass is 9.97. The standard InChI is InChI=1S/C17H26N2O3/c1-4-14(13-7-5-6-8-15(13)22-3)18-16(21)19-17(2,11-20)12-9-10-12/h5-8,12,14,20H,4,9-11H2,1-3H3,(H2,18,19,21)/t14-,17+/m1/s1. The predicted molar refractivity (Wildman–Crippen MR) is 85.9 cm³/mol. The Morgan fingerprint density at radius 1 is 1.45 bits per heavy atom. The number of carbonyl (C=O) groups excluding carboxylic acids is 1. The van der Waals surface area contributed by atoms with Crippen molar-refractivity contribution in [3.05, 3.63) is 29.8 Å². The van der Waals surface area contributed by atoms with Crippen molar-refractivity contribution in [2.24, 2.45) is 5.92 Å². The average Bonchev–Trinajstić information content (AvgIpc) is 3.37. The highest BCUT2D eigenvalue weighted by Gasteiger charge is 2.42. The molecule has 1 aromatic carbocycles. The Balaban J connectivity index is 2.05. The highest BCUT2D eigenvalue weighted by Crippen LogP contribution is 2.39. The molecule has 1 aliphatic rings. The number of aliphatic hydroxyl groups excluding tert-OH is 1. The topological polar surface area (TPSA) is 70.6 Å². The van der Waals surface area contributed by atoms with Crippen molar-refractivity contribution >= 4 is 6.03 Å². The summed E-state index contributed by atoms with van der Waals surface area (Å²) in [6.45, 7) is 3.87. The van der Waals surface area contributed by atoms with Crippen LogP contribution in [0.4, 0.5) is 4.79 Å². The monoisotopic (exact) mass is 306 g/mol. The van der Waals surface area contributed by atoms with Gasteiger partial charge in [-0.2, -0.15) is 0 Å². The maximum Gasteiger partial charge on any atom is 0.315 e. The van der Waals surface area contributed by atoms with Crippen molar-refractivity contribution in [3.8, 4) is 5.75 Å². The van der Waals surface area contributed by atoms with Crippen molar-refractivity contribution in [1.29, 1.82) is 0 Å². The lowest BCUT2D eigenvalue weighted by Crippen LogP contribution is -2.54. The van der Waals surface area contributed by atoms with Gasteiger partial charge in [-0.15, -0.1) is 0 Å². The number of para-hydroxylation sites is 1. The summed E-state index contributed by atoms with van der Waals surface area (Å²) in [4.78, 5) is 12.3. The van der Waals surface area contributed by atoms with Gasteiger partial charge < -0.3 is 20.5 Å². The number of rotatable bonds is 7. The Labute approximate surface area is 132 Å². The number of benzene rings is 1. The number of nitrogens with one attached hydrogen (secondary N) is 2. The van der Waals surface area contributed by atoms with E-state index in [1.807, 2.05) is 38.1 Å². The number of ether oxygens (including phenoxy) is 1. The molecule has 5 nitrogen and oxygen atoms in total. The fourth-order valence-corrected chi connectivity index (χ4v) is 2.80. The average molecular weight is 306 g/mol. The summed E-state index contributed by atoms with van der Waals surface area (Å²) in [6, 6.07) is 7.31. The first-order valence-electron chi connectivity index (χ1n) is 7.86. The van der Waals surface area contributed by atoms with Crippen LogP contribution in [0.15, 0.2) is 24.3 Å². The molecule has 1 saturated carbocycles. The highest BCUT2D eigenvalue weighted by atomic mass is 16.5. The molecule has 22 heavy (non-hydrogen) atoms. The summed E-state index contributed by atoms with van der Waals surface area (Å²) in [5.41, 5.74) is 0.420. The van der Waals surface area contributed by atoms with Crippen LogP contribution < -0.4 is 15.4 Å². The smallest absolute Gasteiger partial charge is 0.315 e. The Morgan fingerprint density at radius 2 is 2.14 bits per heavy atom. The van der Waals surface area contributed by atoms with Gasteiger partial charge in [-0.05, 0) is 38.2 Å². The maximum absolute atomic E-state index is 12.3. The molecule has 0 radical (unpaired) electrons. The molecule has 1 fully saturated rings. The minimum absolute atomic E-state index is 0.0451. The largest absolute Gasteiger partial charge is 0.496 e. The van der Waals surface area contributed by atoms with Crippen LogP contribution in [-0.2, 0) is 0 Å². The van der Waals surface area contributed by atoms with Gasteiger partial charge in [-0.3, -0.25) is 0 Å². The lowest BCUT2D eigenvalue weighted by Gasteiger charge is -2.30. The third-order valence-electron chi connectivity index (χ3n) is 4.43. The predicted octanol–water partition coefficient (Wildman–Crippen LogP) is 2.61. The normalized spacial score (nSPS) is 18.2. The highest BCUT2D eigenvalue weighted by molar-refractivity contribution is 5.75. The molecule has 1 aliphatic carbocycles. The number of carbonyl (C=O) groups is 1. The molecule has 2 amide bonds. The number of methoxy groups -OCH3 is 1. The van der Waals surface area contributed by atoms with E-state index in [0.717, 1.165) is 30.6 Å². The molecule has 2 atom stereocenters. The number of urea groups is 1. The van der Waals surface area contributed by atoms with E-state index in [2.05, 4.69) is 10.6 Å². The van der Waals surface area contributed by atoms with E-state index >= 15 is 0 Å². The van der Waals surface area contributed by atoms with Crippen LogP contribution in [0.2, 0.25) is 0 Å². The van der Waals surface area contributed by atoms with E-state index in [4.69, 9.17) is 4.74 Å². The number of hydrogen-bond donors (Lipinski definition) is 3. The van der Waals surface area contributed by atoms with Crippen molar-refractivity contribution in [1.82, 2.24) is 10.6 Å². The molecule has 0 unspecified atom stereocenters. The molecule has 0 aliphatic heterocycles. The summed E-state index contributed by atoms with van der Waals surface area (Å²) in [6.07, 6.45) is 2.87. The van der Waals surface area contributed by atoms with Crippen LogP contribution in [0, 0.1) is 5.92 Å². The third kappa shape index (κ3) is 3.71. The fraction of sp³-hybridized carbons (Fsp3) is 0.588. The van der Waals surface area contributed by atoms with Crippen LogP contribution in [-0.4, -0.2) is 30.4 Å². The Kier molecular flexibility index (Phi) is 5.29. The molecule has 5 heteroatoms. The lowest BCUT2D eigenvalue weighted by molar-refractivity contribution is 0.154. The fourth-order valence-electron chi connectivity index (χ4n) is 2.80. The van der Waals surface area contributed by atoms with Gasteiger partial charge in [0.05, 0.1) is 25.3 Å². The summed E-state index contributed by atoms with van der Waals surface area (Å²) in [7, 11) is 1.63. The second kappa shape index (κ2) is 7.01. The molecule has 0 aromatic heterocycles. The molecular weight excluding hydrogens is 280 g/mol. The van der Waals surface area contributed by atoms with Crippen molar-refractivity contribution in [2.45, 2.75) is 44.7 Å². The number of aliphatic hydroxyl groups is 1. The van der Waals surface area contributed by atoms with Crippen LogP contribution in [0.3, 0.4) is 0 Å². The number of amides is 2. The zero-order valence-electron chi connectivity index (χ0n) is 13.6. The molecule has 0 spiro atoms. The van der Waals surface area contributed by atoms with E-state index < -0.39 is 5.54 Å². The minimum Gasteiger partial charge on any atom is -0.496 e. The van der Waals surface area contributed by atoms with Gasteiger partial charge in [0.2, 0.25) is 0 Å².